The van der Waals surface area contributed by atoms with Gasteiger partial charge in [0.15, 0.2) is 0 Å². The van der Waals surface area contributed by atoms with E-state index in [0.717, 1.165) is 18.2 Å². The van der Waals surface area contributed by atoms with Crippen LogP contribution in [0.15, 0.2) is 18.2 Å². The van der Waals surface area contributed by atoms with Gasteiger partial charge in [-0.05, 0) is 44.2 Å². The third-order valence-corrected chi connectivity index (χ3v) is 3.67. The molecule has 2 nitrogen and oxygen atoms in total. The molecule has 2 N–H and O–H groups in total. The highest BCUT2D eigenvalue weighted by Gasteiger charge is 2.21. The quantitative estimate of drug-likeness (QED) is 0.786. The lowest BCUT2D eigenvalue weighted by atomic mass is 9.85. The number of aryl methyl sites for hydroxylation is 1. The summed E-state index contributed by atoms with van der Waals surface area (Å²) in [6, 6.07) is 6.19. The Labute approximate surface area is 98.4 Å². The standard InChI is InChI=1S/C14H22N2/c1-3-16(10-12-7-5-8-12)14-11(2)6-4-9-13(14)15/h4,6,9,12H,3,5,7-8,10,15H2,1-2H3. The Morgan fingerprint density at radius 1 is 1.38 bits per heavy atom. The maximum atomic E-state index is 6.09. The lowest BCUT2D eigenvalue weighted by Crippen LogP contribution is -2.33. The summed E-state index contributed by atoms with van der Waals surface area (Å²) in [6.07, 6.45) is 4.19. The summed E-state index contributed by atoms with van der Waals surface area (Å²) in [6.45, 7) is 6.58. The molecule has 1 aliphatic carbocycles. The van der Waals surface area contributed by atoms with Crippen molar-refractivity contribution in [2.24, 2.45) is 5.92 Å². The van der Waals surface area contributed by atoms with E-state index in [-0.39, 0.29) is 0 Å². The Hall–Kier alpha value is -1.18. The zero-order chi connectivity index (χ0) is 11.5. The maximum Gasteiger partial charge on any atom is 0.0629 e. The van der Waals surface area contributed by atoms with Crippen LogP contribution < -0.4 is 10.6 Å². The SMILES string of the molecule is CCN(CC1CCC1)c1c(C)cccc1N. The molecule has 0 amide bonds. The highest BCUT2D eigenvalue weighted by atomic mass is 15.1. The van der Waals surface area contributed by atoms with Crippen LogP contribution in [0.5, 0.6) is 0 Å². The fourth-order valence-corrected chi connectivity index (χ4v) is 2.48. The molecule has 1 saturated carbocycles. The van der Waals surface area contributed by atoms with Gasteiger partial charge in [0.2, 0.25) is 0 Å². The van der Waals surface area contributed by atoms with Gasteiger partial charge in [0.25, 0.3) is 0 Å². The molecule has 0 aliphatic heterocycles. The molecule has 1 aliphatic rings. The van der Waals surface area contributed by atoms with Gasteiger partial charge in [0.1, 0.15) is 0 Å². The van der Waals surface area contributed by atoms with Crippen LogP contribution in [0.4, 0.5) is 11.4 Å². The molecule has 1 aromatic carbocycles. The van der Waals surface area contributed by atoms with E-state index in [4.69, 9.17) is 5.73 Å². The fourth-order valence-electron chi connectivity index (χ4n) is 2.48. The van der Waals surface area contributed by atoms with Crippen molar-refractivity contribution < 1.29 is 0 Å². The molecule has 0 saturated heterocycles. The Kier molecular flexibility index (Phi) is 3.37. The molecular weight excluding hydrogens is 196 g/mol. The maximum absolute atomic E-state index is 6.09. The average Bonchev–Trinajstić information content (AvgIpc) is 2.19. The molecule has 0 atom stereocenters. The van der Waals surface area contributed by atoms with Gasteiger partial charge in [-0.25, -0.2) is 0 Å². The second kappa shape index (κ2) is 4.77. The summed E-state index contributed by atoms with van der Waals surface area (Å²) in [5, 5.41) is 0. The lowest BCUT2D eigenvalue weighted by Gasteiger charge is -2.34. The smallest absolute Gasteiger partial charge is 0.0629 e. The van der Waals surface area contributed by atoms with Crippen molar-refractivity contribution >= 4 is 11.4 Å². The highest BCUT2D eigenvalue weighted by Crippen LogP contribution is 2.32. The summed E-state index contributed by atoms with van der Waals surface area (Å²) in [5.74, 6) is 0.888. The molecule has 2 rings (SSSR count). The Balaban J connectivity index is 2.17. The van der Waals surface area contributed by atoms with Crippen LogP contribution in [-0.2, 0) is 0 Å². The topological polar surface area (TPSA) is 29.3 Å². The normalized spacial score (nSPS) is 15.9. The second-order valence-corrected chi connectivity index (χ2v) is 4.85. The minimum Gasteiger partial charge on any atom is -0.397 e. The van der Waals surface area contributed by atoms with E-state index < -0.39 is 0 Å². The number of para-hydroxylation sites is 1. The Morgan fingerprint density at radius 3 is 2.62 bits per heavy atom. The minimum atomic E-state index is 0.888. The van der Waals surface area contributed by atoms with Crippen molar-refractivity contribution in [3.63, 3.8) is 0 Å². The highest BCUT2D eigenvalue weighted by molar-refractivity contribution is 5.71. The summed E-state index contributed by atoms with van der Waals surface area (Å²) in [7, 11) is 0. The van der Waals surface area contributed by atoms with Crippen molar-refractivity contribution in [3.8, 4) is 0 Å². The van der Waals surface area contributed by atoms with Gasteiger partial charge in [0, 0.05) is 13.1 Å². The van der Waals surface area contributed by atoms with E-state index in [0.29, 0.717) is 0 Å². The van der Waals surface area contributed by atoms with Gasteiger partial charge in [-0.2, -0.15) is 0 Å². The summed E-state index contributed by atoms with van der Waals surface area (Å²) in [4.78, 5) is 2.44. The van der Waals surface area contributed by atoms with Crippen molar-refractivity contribution in [2.45, 2.75) is 33.1 Å². The van der Waals surface area contributed by atoms with Crippen molar-refractivity contribution in [1.82, 2.24) is 0 Å². The van der Waals surface area contributed by atoms with E-state index in [1.165, 1.54) is 37.1 Å². The fraction of sp³-hybridized carbons (Fsp3) is 0.571. The number of hydrogen-bond acceptors (Lipinski definition) is 2. The van der Waals surface area contributed by atoms with Crippen LogP contribution in [0.3, 0.4) is 0 Å². The van der Waals surface area contributed by atoms with E-state index in [9.17, 15) is 0 Å². The molecule has 0 heterocycles. The van der Waals surface area contributed by atoms with Crippen LogP contribution in [-0.4, -0.2) is 13.1 Å². The van der Waals surface area contributed by atoms with Crippen molar-refractivity contribution in [2.75, 3.05) is 23.7 Å². The Morgan fingerprint density at radius 2 is 2.12 bits per heavy atom. The molecule has 0 bridgehead atoms. The first-order valence-corrected chi connectivity index (χ1v) is 6.32. The van der Waals surface area contributed by atoms with Crippen molar-refractivity contribution in [1.29, 1.82) is 0 Å². The number of benzene rings is 1. The van der Waals surface area contributed by atoms with Gasteiger partial charge < -0.3 is 10.6 Å². The van der Waals surface area contributed by atoms with Crippen LogP contribution >= 0.6 is 0 Å². The molecular formula is C14H22N2. The van der Waals surface area contributed by atoms with Gasteiger partial charge in [-0.15, -0.1) is 0 Å². The summed E-state index contributed by atoms with van der Waals surface area (Å²) in [5.41, 5.74) is 9.55. The molecule has 88 valence electrons. The second-order valence-electron chi connectivity index (χ2n) is 4.85. The Bertz CT molecular complexity index is 336. The average molecular weight is 218 g/mol. The molecule has 0 unspecified atom stereocenters. The number of nitrogens with two attached hydrogens (primary N) is 1. The third kappa shape index (κ3) is 2.16. The van der Waals surface area contributed by atoms with Gasteiger partial charge in [-0.1, -0.05) is 18.6 Å². The minimum absolute atomic E-state index is 0.888. The molecule has 0 spiro atoms. The van der Waals surface area contributed by atoms with E-state index in [1.807, 2.05) is 12.1 Å². The number of anilines is 2. The predicted molar refractivity (Wildman–Crippen MR) is 70.8 cm³/mol. The summed E-state index contributed by atoms with van der Waals surface area (Å²) < 4.78 is 0. The van der Waals surface area contributed by atoms with Gasteiger partial charge >= 0.3 is 0 Å². The van der Waals surface area contributed by atoms with Gasteiger partial charge in [-0.3, -0.25) is 0 Å². The predicted octanol–water partition coefficient (Wildman–Crippen LogP) is 3.20. The van der Waals surface area contributed by atoms with Crippen molar-refractivity contribution in [3.05, 3.63) is 23.8 Å². The van der Waals surface area contributed by atoms with Crippen LogP contribution in [0.2, 0.25) is 0 Å². The van der Waals surface area contributed by atoms with Crippen LogP contribution in [0.25, 0.3) is 0 Å². The van der Waals surface area contributed by atoms with Crippen LogP contribution in [0, 0.1) is 12.8 Å². The third-order valence-electron chi connectivity index (χ3n) is 3.67. The molecule has 2 heteroatoms. The van der Waals surface area contributed by atoms with E-state index >= 15 is 0 Å². The number of hydrogen-bond donors (Lipinski definition) is 1. The molecule has 0 radical (unpaired) electrons. The van der Waals surface area contributed by atoms with E-state index in [1.54, 1.807) is 0 Å². The first kappa shape index (κ1) is 11.3. The number of rotatable bonds is 4. The van der Waals surface area contributed by atoms with Gasteiger partial charge in [0.05, 0.1) is 11.4 Å². The molecule has 16 heavy (non-hydrogen) atoms. The zero-order valence-electron chi connectivity index (χ0n) is 10.4. The monoisotopic (exact) mass is 218 g/mol. The summed E-state index contributed by atoms with van der Waals surface area (Å²) >= 11 is 0. The lowest BCUT2D eigenvalue weighted by molar-refractivity contribution is 0.318. The zero-order valence-corrected chi connectivity index (χ0v) is 10.4. The molecule has 1 fully saturated rings. The number of nitrogens with zero attached hydrogens (tertiary/aromatic N) is 1. The first-order chi connectivity index (χ1) is 7.72. The van der Waals surface area contributed by atoms with Crippen LogP contribution in [0.1, 0.15) is 31.7 Å². The number of nitrogen functional groups attached to an aromatic ring is 1. The first-order valence-electron chi connectivity index (χ1n) is 6.32. The molecule has 0 aromatic heterocycles. The largest absolute Gasteiger partial charge is 0.397 e. The molecule has 1 aromatic rings. The van der Waals surface area contributed by atoms with E-state index in [2.05, 4.69) is 24.8 Å².